The molecule has 14 nitrogen and oxygen atoms in total. The second-order valence-corrected chi connectivity index (χ2v) is 12.2. The molecule has 4 aromatic heterocycles. The highest BCUT2D eigenvalue weighted by molar-refractivity contribution is 5.91. The molecule has 0 spiro atoms. The van der Waals surface area contributed by atoms with Crippen molar-refractivity contribution >= 4 is 23.6 Å². The second kappa shape index (κ2) is 13.9. The van der Waals surface area contributed by atoms with E-state index in [2.05, 4.69) is 47.3 Å². The van der Waals surface area contributed by atoms with Crippen molar-refractivity contribution in [2.24, 2.45) is 7.05 Å². The Hall–Kier alpha value is -5.84. The van der Waals surface area contributed by atoms with Gasteiger partial charge in [-0.1, -0.05) is 30.3 Å². The third kappa shape index (κ3) is 7.25. The molecule has 0 bridgehead atoms. The number of urea groups is 1. The molecular formula is C34H36N12O2. The van der Waals surface area contributed by atoms with E-state index in [-0.39, 0.29) is 24.7 Å². The maximum Gasteiger partial charge on any atom is 0.323 e. The van der Waals surface area contributed by atoms with E-state index in [4.69, 9.17) is 9.40 Å². The number of hydrogen-bond acceptors (Lipinski definition) is 11. The lowest BCUT2D eigenvalue weighted by Gasteiger charge is -2.36. The Bertz CT molecular complexity index is 1890. The highest BCUT2D eigenvalue weighted by Crippen LogP contribution is 2.39. The summed E-state index contributed by atoms with van der Waals surface area (Å²) < 4.78 is 7.48. The molecule has 2 aliphatic rings. The Kier molecular flexibility index (Phi) is 8.90. The number of nitrogens with one attached hydrogen (secondary N) is 3. The quantitative estimate of drug-likeness (QED) is 0.173. The van der Waals surface area contributed by atoms with Gasteiger partial charge in [-0.2, -0.15) is 15.3 Å². The number of anilines is 3. The van der Waals surface area contributed by atoms with E-state index in [0.717, 1.165) is 55.2 Å². The van der Waals surface area contributed by atoms with Crippen LogP contribution in [0, 0.1) is 11.3 Å². The second-order valence-electron chi connectivity index (χ2n) is 12.2. The fourth-order valence-electron chi connectivity index (χ4n) is 5.91. The number of rotatable bonds is 11. The van der Waals surface area contributed by atoms with Gasteiger partial charge in [-0.3, -0.25) is 9.58 Å². The lowest BCUT2D eigenvalue weighted by molar-refractivity contribution is 0.240. The Morgan fingerprint density at radius 1 is 0.979 bits per heavy atom. The zero-order valence-electron chi connectivity index (χ0n) is 26.6. The zero-order chi connectivity index (χ0) is 32.9. The first-order chi connectivity index (χ1) is 23.5. The summed E-state index contributed by atoms with van der Waals surface area (Å²) in [6, 6.07) is 15.7. The van der Waals surface area contributed by atoms with E-state index in [9.17, 15) is 10.1 Å². The maximum absolute atomic E-state index is 13.7. The summed E-state index contributed by atoms with van der Waals surface area (Å²) in [4.78, 5) is 29.2. The molecule has 2 aliphatic carbocycles. The fourth-order valence-corrected chi connectivity index (χ4v) is 5.91. The SMILES string of the molecule is Cn1cc(-c2ccc(N(C(=O)NCc3ccccc3)[C@H]3CC[C@H](Nc4ncc(C#N)c(NCc5nnc(C6CC6)o5)n4)CC3)nc2)cn1. The van der Waals surface area contributed by atoms with Crippen molar-refractivity contribution in [2.45, 2.75) is 69.6 Å². The van der Waals surface area contributed by atoms with Crippen LogP contribution in [-0.2, 0) is 20.1 Å². The van der Waals surface area contributed by atoms with Crippen molar-refractivity contribution in [2.75, 3.05) is 15.5 Å². The van der Waals surface area contributed by atoms with E-state index >= 15 is 0 Å². The van der Waals surface area contributed by atoms with Gasteiger partial charge in [0.05, 0.1) is 18.9 Å². The number of nitriles is 1. The number of benzene rings is 1. The maximum atomic E-state index is 13.7. The van der Waals surface area contributed by atoms with Gasteiger partial charge in [-0.25, -0.2) is 14.8 Å². The average molecular weight is 645 g/mol. The standard InChI is InChI=1S/C34H36N12O2/c1-45-21-26(19-40-45)24-9-14-29(36-17-24)46(34(47)39-16-22-5-3-2-4-6-22)28-12-10-27(11-13-28)41-33-38-18-25(15-35)31(42-33)37-20-30-43-44-32(48-30)23-7-8-23/h2-6,9,14,17-19,21,23,27-28H,7-8,10-13,16,20H2,1H3,(H,39,47)(H2,37,38,41,42)/t27-,28-. The van der Waals surface area contributed by atoms with Crippen LogP contribution in [0.25, 0.3) is 11.1 Å². The highest BCUT2D eigenvalue weighted by atomic mass is 16.4. The molecule has 2 amide bonds. The molecule has 2 fully saturated rings. The summed E-state index contributed by atoms with van der Waals surface area (Å²) in [6.45, 7) is 0.677. The van der Waals surface area contributed by atoms with Crippen molar-refractivity contribution in [1.82, 2.24) is 40.2 Å². The Balaban J connectivity index is 1.01. The molecular weight excluding hydrogens is 608 g/mol. The zero-order valence-corrected chi connectivity index (χ0v) is 26.6. The number of amides is 2. The summed E-state index contributed by atoms with van der Waals surface area (Å²) in [7, 11) is 1.88. The molecule has 4 heterocycles. The van der Waals surface area contributed by atoms with Crippen LogP contribution in [0.3, 0.4) is 0 Å². The van der Waals surface area contributed by atoms with Gasteiger partial charge in [0.15, 0.2) is 0 Å². The number of pyridine rings is 1. The van der Waals surface area contributed by atoms with Gasteiger partial charge in [0.25, 0.3) is 0 Å². The summed E-state index contributed by atoms with van der Waals surface area (Å²) in [6.07, 6.45) is 12.3. The molecule has 244 valence electrons. The van der Waals surface area contributed by atoms with E-state index in [1.54, 1.807) is 22.0 Å². The van der Waals surface area contributed by atoms with Gasteiger partial charge in [0, 0.05) is 55.1 Å². The average Bonchev–Trinajstić information content (AvgIpc) is 3.70. The van der Waals surface area contributed by atoms with E-state index in [0.29, 0.717) is 47.4 Å². The van der Waals surface area contributed by atoms with Crippen LogP contribution in [0.5, 0.6) is 0 Å². The summed E-state index contributed by atoms with van der Waals surface area (Å²) in [5.41, 5.74) is 3.24. The number of aryl methyl sites for hydroxylation is 1. The highest BCUT2D eigenvalue weighted by Gasteiger charge is 2.32. The first kappa shape index (κ1) is 30.8. The third-order valence-corrected chi connectivity index (χ3v) is 8.66. The van der Waals surface area contributed by atoms with Crippen molar-refractivity contribution in [1.29, 1.82) is 5.26 Å². The van der Waals surface area contributed by atoms with Crippen molar-refractivity contribution in [3.63, 3.8) is 0 Å². The monoisotopic (exact) mass is 644 g/mol. The predicted octanol–water partition coefficient (Wildman–Crippen LogP) is 5.16. The van der Waals surface area contributed by atoms with Gasteiger partial charge < -0.3 is 20.4 Å². The minimum Gasteiger partial charge on any atom is -0.423 e. The fraction of sp³-hybridized carbons (Fsp3) is 0.353. The third-order valence-electron chi connectivity index (χ3n) is 8.66. The Morgan fingerprint density at radius 3 is 2.52 bits per heavy atom. The lowest BCUT2D eigenvalue weighted by atomic mass is 9.90. The smallest absolute Gasteiger partial charge is 0.323 e. The molecule has 0 aliphatic heterocycles. The molecule has 7 rings (SSSR count). The molecule has 1 aromatic carbocycles. The van der Waals surface area contributed by atoms with Crippen LogP contribution in [-0.4, -0.2) is 53.0 Å². The minimum atomic E-state index is -0.187. The molecule has 2 saturated carbocycles. The molecule has 0 saturated heterocycles. The molecule has 0 atom stereocenters. The van der Waals surface area contributed by atoms with Crippen LogP contribution in [0.15, 0.2) is 71.7 Å². The van der Waals surface area contributed by atoms with Crippen LogP contribution < -0.4 is 20.9 Å². The number of hydrogen-bond donors (Lipinski definition) is 3. The molecule has 0 radical (unpaired) electrons. The Labute approximate surface area is 277 Å². The topological polar surface area (TPSA) is 176 Å². The summed E-state index contributed by atoms with van der Waals surface area (Å²) in [5, 5.41) is 31.8. The Morgan fingerprint density at radius 2 is 1.81 bits per heavy atom. The van der Waals surface area contributed by atoms with Crippen LogP contribution >= 0.6 is 0 Å². The minimum absolute atomic E-state index is 0.0513. The van der Waals surface area contributed by atoms with Gasteiger partial charge in [-0.05, 0) is 56.2 Å². The summed E-state index contributed by atoms with van der Waals surface area (Å²) in [5.74, 6) is 2.91. The first-order valence-corrected chi connectivity index (χ1v) is 16.2. The predicted molar refractivity (Wildman–Crippen MR) is 178 cm³/mol. The first-order valence-electron chi connectivity index (χ1n) is 16.2. The van der Waals surface area contributed by atoms with E-state index < -0.39 is 0 Å². The summed E-state index contributed by atoms with van der Waals surface area (Å²) >= 11 is 0. The number of nitrogens with zero attached hydrogens (tertiary/aromatic N) is 9. The molecule has 3 N–H and O–H groups in total. The molecule has 48 heavy (non-hydrogen) atoms. The molecule has 0 unspecified atom stereocenters. The van der Waals surface area contributed by atoms with Crippen molar-refractivity contribution in [3.8, 4) is 17.2 Å². The van der Waals surface area contributed by atoms with Crippen LogP contribution in [0.1, 0.15) is 67.4 Å². The van der Waals surface area contributed by atoms with Crippen LogP contribution in [0.2, 0.25) is 0 Å². The van der Waals surface area contributed by atoms with Gasteiger partial charge in [0.1, 0.15) is 23.3 Å². The normalized spacial score (nSPS) is 17.3. The molecule has 14 heteroatoms. The van der Waals surface area contributed by atoms with Crippen LogP contribution in [0.4, 0.5) is 22.4 Å². The lowest BCUT2D eigenvalue weighted by Crippen LogP contribution is -2.49. The number of aromatic nitrogens is 7. The van der Waals surface area contributed by atoms with Gasteiger partial charge in [-0.15, -0.1) is 10.2 Å². The van der Waals surface area contributed by atoms with Gasteiger partial charge >= 0.3 is 6.03 Å². The van der Waals surface area contributed by atoms with Gasteiger partial charge in [0.2, 0.25) is 17.7 Å². The van der Waals surface area contributed by atoms with Crippen molar-refractivity contribution in [3.05, 3.63) is 90.2 Å². The largest absolute Gasteiger partial charge is 0.423 e. The van der Waals surface area contributed by atoms with E-state index in [1.165, 1.54) is 6.20 Å². The van der Waals surface area contributed by atoms with E-state index in [1.807, 2.05) is 55.7 Å². The van der Waals surface area contributed by atoms with Crippen molar-refractivity contribution < 1.29 is 9.21 Å². The molecule has 5 aromatic rings. The number of carbonyl (C=O) groups is 1. The number of carbonyl (C=O) groups excluding carboxylic acids is 1.